The Labute approximate surface area is 169 Å². The molecule has 0 fully saturated rings. The minimum atomic E-state index is -4.40. The maximum absolute atomic E-state index is 12.1. The molecule has 2 aromatic rings. The molecule has 0 heterocycles. The van der Waals surface area contributed by atoms with Crippen molar-refractivity contribution < 1.29 is 19.1 Å². The average Bonchev–Trinajstić information content (AvgIpc) is 2.68. The van der Waals surface area contributed by atoms with Crippen molar-refractivity contribution in [3.8, 4) is 0 Å². The van der Waals surface area contributed by atoms with Gasteiger partial charge in [-0.1, -0.05) is 107 Å². The third-order valence-electron chi connectivity index (χ3n) is 5.17. The van der Waals surface area contributed by atoms with Crippen LogP contribution in [0.25, 0.3) is 10.8 Å². The van der Waals surface area contributed by atoms with Gasteiger partial charge in [0.1, 0.15) is 0 Å². The van der Waals surface area contributed by atoms with Gasteiger partial charge < -0.3 is 14.5 Å². The molecule has 2 N–H and O–H groups in total. The highest BCUT2D eigenvalue weighted by molar-refractivity contribution is 7.52. The van der Waals surface area contributed by atoms with Gasteiger partial charge in [-0.05, 0) is 17.2 Å². The summed E-state index contributed by atoms with van der Waals surface area (Å²) < 4.78 is 17.8. The summed E-state index contributed by atoms with van der Waals surface area (Å²) in [5, 5.41) is 1.79. The first kappa shape index (κ1) is 23.1. The second-order valence-corrected chi connectivity index (χ2v) is 9.21. The summed E-state index contributed by atoms with van der Waals surface area (Å²) in [6.45, 7) is 2.61. The molecular weight excluding hydrogens is 371 g/mol. The molecule has 156 valence electrons. The summed E-state index contributed by atoms with van der Waals surface area (Å²) in [7, 11) is -4.40. The van der Waals surface area contributed by atoms with Crippen LogP contribution in [0.15, 0.2) is 42.5 Å². The summed E-state index contributed by atoms with van der Waals surface area (Å²) in [6, 6.07) is 13.1. The number of hydrogen-bond donors (Lipinski definition) is 2. The molecule has 0 aromatic heterocycles. The van der Waals surface area contributed by atoms with Gasteiger partial charge in [-0.3, -0.25) is 4.57 Å². The first-order valence-electron chi connectivity index (χ1n) is 10.7. The van der Waals surface area contributed by atoms with Crippen molar-refractivity contribution in [1.29, 1.82) is 0 Å². The lowest BCUT2D eigenvalue weighted by Crippen LogP contribution is -2.07. The SMILES string of the molecule is CCCCCCCCCCCCO[C@@H](c1cccc2ccccc12)P(=O)(O)O. The summed E-state index contributed by atoms with van der Waals surface area (Å²) in [4.78, 5) is 19.7. The van der Waals surface area contributed by atoms with E-state index < -0.39 is 13.4 Å². The van der Waals surface area contributed by atoms with Crippen LogP contribution in [0.3, 0.4) is 0 Å². The first-order valence-corrected chi connectivity index (χ1v) is 12.4. The van der Waals surface area contributed by atoms with Crippen LogP contribution in [0.2, 0.25) is 0 Å². The lowest BCUT2D eigenvalue weighted by molar-refractivity contribution is 0.0833. The van der Waals surface area contributed by atoms with Crippen molar-refractivity contribution in [2.24, 2.45) is 0 Å². The van der Waals surface area contributed by atoms with E-state index in [9.17, 15) is 14.4 Å². The van der Waals surface area contributed by atoms with Crippen LogP contribution >= 0.6 is 7.60 Å². The molecule has 0 amide bonds. The molecule has 2 aromatic carbocycles. The molecule has 0 radical (unpaired) electrons. The quantitative estimate of drug-likeness (QED) is 0.263. The topological polar surface area (TPSA) is 66.8 Å². The molecular formula is C23H35O4P. The molecule has 0 aliphatic heterocycles. The molecule has 0 bridgehead atoms. The second-order valence-electron chi connectivity index (χ2n) is 7.56. The van der Waals surface area contributed by atoms with Crippen molar-refractivity contribution in [3.63, 3.8) is 0 Å². The fraction of sp³-hybridized carbons (Fsp3) is 0.565. The zero-order valence-corrected chi connectivity index (χ0v) is 17.9. The Morgan fingerprint density at radius 1 is 0.821 bits per heavy atom. The Bertz CT molecular complexity index is 735. The van der Waals surface area contributed by atoms with Gasteiger partial charge in [0.15, 0.2) is 5.85 Å². The fourth-order valence-corrected chi connectivity index (χ4v) is 4.51. The van der Waals surface area contributed by atoms with E-state index in [1.807, 2.05) is 36.4 Å². The third-order valence-corrected chi connectivity index (χ3v) is 6.21. The number of ether oxygens (including phenoxy) is 1. The van der Waals surface area contributed by atoms with Gasteiger partial charge in [0.2, 0.25) is 0 Å². The summed E-state index contributed by atoms with van der Waals surface area (Å²) in [5.74, 6) is -1.20. The molecule has 4 nitrogen and oxygen atoms in total. The predicted octanol–water partition coefficient (Wildman–Crippen LogP) is 6.95. The lowest BCUT2D eigenvalue weighted by Gasteiger charge is -2.21. The smallest absolute Gasteiger partial charge is 0.358 e. The van der Waals surface area contributed by atoms with Gasteiger partial charge in [0.25, 0.3) is 0 Å². The largest absolute Gasteiger partial charge is 0.361 e. The first-order chi connectivity index (χ1) is 13.5. The Kier molecular flexibility index (Phi) is 10.2. The molecule has 5 heteroatoms. The van der Waals surface area contributed by atoms with E-state index in [0.717, 1.165) is 30.0 Å². The molecule has 0 aliphatic rings. The number of hydrogen-bond acceptors (Lipinski definition) is 2. The maximum Gasteiger partial charge on any atom is 0.358 e. The van der Waals surface area contributed by atoms with Crippen LogP contribution < -0.4 is 0 Å². The van der Waals surface area contributed by atoms with Crippen molar-refractivity contribution in [1.82, 2.24) is 0 Å². The molecule has 0 unspecified atom stereocenters. The molecule has 0 spiro atoms. The minimum absolute atomic E-state index is 0.371. The number of benzene rings is 2. The lowest BCUT2D eigenvalue weighted by atomic mass is 10.1. The minimum Gasteiger partial charge on any atom is -0.361 e. The van der Waals surface area contributed by atoms with Crippen LogP contribution in [-0.2, 0) is 9.30 Å². The van der Waals surface area contributed by atoms with Crippen LogP contribution in [0.4, 0.5) is 0 Å². The Morgan fingerprint density at radius 2 is 1.39 bits per heavy atom. The van der Waals surface area contributed by atoms with Gasteiger partial charge in [-0.2, -0.15) is 0 Å². The summed E-state index contributed by atoms with van der Waals surface area (Å²) >= 11 is 0. The van der Waals surface area contributed by atoms with Gasteiger partial charge in [0, 0.05) is 12.2 Å². The second kappa shape index (κ2) is 12.4. The third kappa shape index (κ3) is 7.67. The van der Waals surface area contributed by atoms with Gasteiger partial charge in [0.05, 0.1) is 0 Å². The Morgan fingerprint density at radius 3 is 2.04 bits per heavy atom. The van der Waals surface area contributed by atoms with E-state index in [2.05, 4.69) is 6.92 Å². The molecule has 0 saturated heterocycles. The average molecular weight is 407 g/mol. The highest BCUT2D eigenvalue weighted by Gasteiger charge is 2.32. The van der Waals surface area contributed by atoms with Crippen molar-refractivity contribution in [2.45, 2.75) is 77.0 Å². The maximum atomic E-state index is 12.1. The standard InChI is InChI=1S/C23H35O4P/c1-2-3-4-5-6-7-8-9-10-13-19-27-23(28(24,25)26)22-18-14-16-20-15-11-12-17-21(20)22/h11-12,14-18,23H,2-10,13,19H2,1H3,(H2,24,25,26)/t23-/m1/s1. The highest BCUT2D eigenvalue weighted by atomic mass is 31.2. The van der Waals surface area contributed by atoms with Crippen LogP contribution in [0.5, 0.6) is 0 Å². The monoisotopic (exact) mass is 406 g/mol. The molecule has 0 saturated carbocycles. The van der Waals surface area contributed by atoms with E-state index in [0.29, 0.717) is 12.2 Å². The molecule has 0 aliphatic carbocycles. The number of fused-ring (bicyclic) bond motifs is 1. The van der Waals surface area contributed by atoms with E-state index in [1.165, 1.54) is 44.9 Å². The van der Waals surface area contributed by atoms with Crippen molar-refractivity contribution >= 4 is 18.4 Å². The summed E-state index contributed by atoms with van der Waals surface area (Å²) in [5.41, 5.74) is 0.568. The zero-order chi connectivity index (χ0) is 20.2. The zero-order valence-electron chi connectivity index (χ0n) is 17.1. The van der Waals surface area contributed by atoms with Crippen molar-refractivity contribution in [2.75, 3.05) is 6.61 Å². The molecule has 28 heavy (non-hydrogen) atoms. The van der Waals surface area contributed by atoms with Crippen LogP contribution in [-0.4, -0.2) is 16.4 Å². The van der Waals surface area contributed by atoms with Crippen molar-refractivity contribution in [3.05, 3.63) is 48.0 Å². The van der Waals surface area contributed by atoms with Gasteiger partial charge in [-0.15, -0.1) is 0 Å². The van der Waals surface area contributed by atoms with Gasteiger partial charge >= 0.3 is 7.60 Å². The molecule has 1 atom stereocenters. The van der Waals surface area contributed by atoms with E-state index in [-0.39, 0.29) is 0 Å². The fourth-order valence-electron chi connectivity index (χ4n) is 3.62. The van der Waals surface area contributed by atoms with Crippen LogP contribution in [0, 0.1) is 0 Å². The van der Waals surface area contributed by atoms with E-state index in [4.69, 9.17) is 4.74 Å². The Balaban J connectivity index is 1.77. The summed E-state index contributed by atoms with van der Waals surface area (Å²) in [6.07, 6.45) is 12.2. The Hall–Kier alpha value is -1.19. The normalized spacial score (nSPS) is 13.1. The molecule has 2 rings (SSSR count). The van der Waals surface area contributed by atoms with E-state index >= 15 is 0 Å². The van der Waals surface area contributed by atoms with E-state index in [1.54, 1.807) is 6.07 Å². The van der Waals surface area contributed by atoms with Gasteiger partial charge in [-0.25, -0.2) is 0 Å². The highest BCUT2D eigenvalue weighted by Crippen LogP contribution is 2.53. The number of unbranched alkanes of at least 4 members (excludes halogenated alkanes) is 9. The predicted molar refractivity (Wildman–Crippen MR) is 117 cm³/mol. The van der Waals surface area contributed by atoms with Crippen LogP contribution in [0.1, 0.15) is 82.5 Å². The number of rotatable bonds is 14.